The van der Waals surface area contributed by atoms with Gasteiger partial charge in [0.15, 0.2) is 0 Å². The molecule has 1 N–H and O–H groups in total. The van der Waals surface area contributed by atoms with Crippen molar-refractivity contribution in [2.75, 3.05) is 6.54 Å². The highest BCUT2D eigenvalue weighted by Crippen LogP contribution is 2.28. The van der Waals surface area contributed by atoms with Gasteiger partial charge in [0.05, 0.1) is 11.7 Å². The molecule has 1 fully saturated rings. The van der Waals surface area contributed by atoms with Crippen LogP contribution < -0.4 is 5.32 Å². The van der Waals surface area contributed by atoms with Crippen LogP contribution in [0, 0.1) is 5.92 Å². The summed E-state index contributed by atoms with van der Waals surface area (Å²) < 4.78 is 2.20. The molecule has 1 aromatic heterocycles. The Morgan fingerprint density at radius 1 is 1.39 bits per heavy atom. The lowest BCUT2D eigenvalue weighted by Crippen LogP contribution is -2.35. The third-order valence-electron chi connectivity index (χ3n) is 4.06. The van der Waals surface area contributed by atoms with Crippen LogP contribution in [0.25, 0.3) is 0 Å². The molecule has 1 aliphatic carbocycles. The minimum Gasteiger partial charge on any atom is -0.314 e. The molecule has 1 unspecified atom stereocenters. The van der Waals surface area contributed by atoms with Crippen LogP contribution >= 0.6 is 0 Å². The molecular formula is C15H27N3. The molecule has 0 saturated heterocycles. The van der Waals surface area contributed by atoms with E-state index >= 15 is 0 Å². The highest BCUT2D eigenvalue weighted by atomic mass is 15.3. The summed E-state index contributed by atoms with van der Waals surface area (Å²) in [7, 11) is 0. The van der Waals surface area contributed by atoms with Gasteiger partial charge >= 0.3 is 0 Å². The second kappa shape index (κ2) is 6.37. The first kappa shape index (κ1) is 13.6. The number of nitrogens with zero attached hydrogens (tertiary/aromatic N) is 2. The molecule has 1 heterocycles. The summed E-state index contributed by atoms with van der Waals surface area (Å²) in [6, 6.07) is 3.41. The Hall–Kier alpha value is -0.830. The molecule has 1 atom stereocenters. The van der Waals surface area contributed by atoms with Gasteiger partial charge in [-0.2, -0.15) is 5.10 Å². The van der Waals surface area contributed by atoms with Crippen molar-refractivity contribution in [1.29, 1.82) is 0 Å². The van der Waals surface area contributed by atoms with E-state index in [1.807, 2.05) is 0 Å². The quantitative estimate of drug-likeness (QED) is 0.839. The normalized spacial score (nSPS) is 18.7. The number of aromatic nitrogens is 2. The fraction of sp³-hybridized carbons (Fsp3) is 0.800. The molecule has 18 heavy (non-hydrogen) atoms. The van der Waals surface area contributed by atoms with Crippen LogP contribution in [0.15, 0.2) is 12.3 Å². The summed E-state index contributed by atoms with van der Waals surface area (Å²) >= 11 is 0. The zero-order valence-electron chi connectivity index (χ0n) is 12.0. The average Bonchev–Trinajstić information content (AvgIpc) is 2.98. The summed E-state index contributed by atoms with van der Waals surface area (Å²) in [5, 5.41) is 8.33. The van der Waals surface area contributed by atoms with Gasteiger partial charge < -0.3 is 5.32 Å². The summed E-state index contributed by atoms with van der Waals surface area (Å²) in [6.45, 7) is 7.77. The van der Waals surface area contributed by atoms with Crippen molar-refractivity contribution in [2.45, 2.75) is 65.0 Å². The maximum absolute atomic E-state index is 4.77. The smallest absolute Gasteiger partial charge is 0.0640 e. The van der Waals surface area contributed by atoms with Crippen molar-refractivity contribution in [3.05, 3.63) is 18.0 Å². The number of likely N-dealkylation sites (N-methyl/N-ethyl adjacent to an activating group) is 1. The summed E-state index contributed by atoms with van der Waals surface area (Å²) in [6.07, 6.45) is 8.57. The van der Waals surface area contributed by atoms with Crippen LogP contribution in [0.3, 0.4) is 0 Å². The Morgan fingerprint density at radius 3 is 2.72 bits per heavy atom. The Labute approximate surface area is 111 Å². The van der Waals surface area contributed by atoms with Crippen LogP contribution in [0.2, 0.25) is 0 Å². The standard InChI is InChI=1S/C15H27N3/c1-4-16-15(12(2)3)11-13-9-10-18(17-13)14-7-5-6-8-14/h9-10,12,14-16H,4-8,11H2,1-3H3. The second-order valence-corrected chi connectivity index (χ2v) is 5.84. The molecule has 1 aromatic rings. The fourth-order valence-corrected chi connectivity index (χ4v) is 2.89. The van der Waals surface area contributed by atoms with E-state index in [0.717, 1.165) is 13.0 Å². The first-order chi connectivity index (χ1) is 8.70. The molecule has 0 radical (unpaired) electrons. The molecule has 0 aliphatic heterocycles. The molecule has 0 bridgehead atoms. The Balaban J connectivity index is 1.96. The van der Waals surface area contributed by atoms with Crippen LogP contribution in [-0.2, 0) is 6.42 Å². The van der Waals surface area contributed by atoms with Gasteiger partial charge in [-0.25, -0.2) is 0 Å². The molecule has 0 amide bonds. The van der Waals surface area contributed by atoms with Crippen LogP contribution in [0.5, 0.6) is 0 Å². The lowest BCUT2D eigenvalue weighted by atomic mass is 9.99. The SMILES string of the molecule is CCNC(Cc1ccn(C2CCCC2)n1)C(C)C. The molecule has 1 aliphatic rings. The van der Waals surface area contributed by atoms with Crippen molar-refractivity contribution in [1.82, 2.24) is 15.1 Å². The number of hydrogen-bond donors (Lipinski definition) is 1. The zero-order chi connectivity index (χ0) is 13.0. The van der Waals surface area contributed by atoms with Gasteiger partial charge in [-0.05, 0) is 31.4 Å². The first-order valence-corrected chi connectivity index (χ1v) is 7.48. The van der Waals surface area contributed by atoms with Crippen molar-refractivity contribution >= 4 is 0 Å². The molecule has 0 spiro atoms. The predicted octanol–water partition coefficient (Wildman–Crippen LogP) is 3.17. The lowest BCUT2D eigenvalue weighted by Gasteiger charge is -2.20. The summed E-state index contributed by atoms with van der Waals surface area (Å²) in [4.78, 5) is 0. The summed E-state index contributed by atoms with van der Waals surface area (Å²) in [5.41, 5.74) is 1.24. The van der Waals surface area contributed by atoms with E-state index in [1.165, 1.54) is 31.4 Å². The van der Waals surface area contributed by atoms with Crippen LogP contribution in [-0.4, -0.2) is 22.4 Å². The van der Waals surface area contributed by atoms with E-state index in [1.54, 1.807) is 0 Å². The van der Waals surface area contributed by atoms with Crippen LogP contribution in [0.4, 0.5) is 0 Å². The molecule has 1 saturated carbocycles. The highest BCUT2D eigenvalue weighted by Gasteiger charge is 2.19. The van der Waals surface area contributed by atoms with Gasteiger partial charge in [-0.3, -0.25) is 4.68 Å². The second-order valence-electron chi connectivity index (χ2n) is 5.84. The third kappa shape index (κ3) is 3.35. The van der Waals surface area contributed by atoms with Gasteiger partial charge in [-0.15, -0.1) is 0 Å². The topological polar surface area (TPSA) is 29.9 Å². The molecule has 3 nitrogen and oxygen atoms in total. The zero-order valence-corrected chi connectivity index (χ0v) is 12.0. The molecule has 3 heteroatoms. The van der Waals surface area contributed by atoms with Gasteiger partial charge in [0, 0.05) is 18.7 Å². The fourth-order valence-electron chi connectivity index (χ4n) is 2.89. The van der Waals surface area contributed by atoms with E-state index in [4.69, 9.17) is 5.10 Å². The minimum absolute atomic E-state index is 0.543. The first-order valence-electron chi connectivity index (χ1n) is 7.48. The monoisotopic (exact) mass is 249 g/mol. The van der Waals surface area contributed by atoms with Crippen molar-refractivity contribution < 1.29 is 0 Å². The maximum Gasteiger partial charge on any atom is 0.0640 e. The lowest BCUT2D eigenvalue weighted by molar-refractivity contribution is 0.397. The largest absolute Gasteiger partial charge is 0.314 e. The molecule has 2 rings (SSSR count). The van der Waals surface area contributed by atoms with E-state index < -0.39 is 0 Å². The van der Waals surface area contributed by atoms with E-state index in [2.05, 4.69) is 43.0 Å². The molecule has 102 valence electrons. The maximum atomic E-state index is 4.77. The number of hydrogen-bond acceptors (Lipinski definition) is 2. The molecular weight excluding hydrogens is 222 g/mol. The average molecular weight is 249 g/mol. The van der Waals surface area contributed by atoms with Gasteiger partial charge in [0.2, 0.25) is 0 Å². The van der Waals surface area contributed by atoms with Gasteiger partial charge in [0.25, 0.3) is 0 Å². The minimum atomic E-state index is 0.543. The number of rotatable bonds is 6. The summed E-state index contributed by atoms with van der Waals surface area (Å²) in [5.74, 6) is 0.654. The predicted molar refractivity (Wildman–Crippen MR) is 75.7 cm³/mol. The van der Waals surface area contributed by atoms with Crippen LogP contribution in [0.1, 0.15) is 58.2 Å². The Bertz CT molecular complexity index is 350. The van der Waals surface area contributed by atoms with Crippen molar-refractivity contribution in [2.24, 2.45) is 5.92 Å². The third-order valence-corrected chi connectivity index (χ3v) is 4.06. The highest BCUT2D eigenvalue weighted by molar-refractivity contribution is 5.03. The van der Waals surface area contributed by atoms with E-state index in [0.29, 0.717) is 18.0 Å². The van der Waals surface area contributed by atoms with E-state index in [-0.39, 0.29) is 0 Å². The van der Waals surface area contributed by atoms with Gasteiger partial charge in [-0.1, -0.05) is 33.6 Å². The number of nitrogens with one attached hydrogen (secondary N) is 1. The van der Waals surface area contributed by atoms with Gasteiger partial charge in [0.1, 0.15) is 0 Å². The Morgan fingerprint density at radius 2 is 2.11 bits per heavy atom. The van der Waals surface area contributed by atoms with Crippen molar-refractivity contribution in [3.63, 3.8) is 0 Å². The Kier molecular flexibility index (Phi) is 4.81. The van der Waals surface area contributed by atoms with Crippen molar-refractivity contribution in [3.8, 4) is 0 Å². The van der Waals surface area contributed by atoms with E-state index in [9.17, 15) is 0 Å². The molecule has 0 aromatic carbocycles.